The lowest BCUT2D eigenvalue weighted by Gasteiger charge is -2.47. The van der Waals surface area contributed by atoms with Crippen molar-refractivity contribution in [3.8, 4) is 0 Å². The number of rotatable bonds is 0. The second-order valence-corrected chi connectivity index (χ2v) is 6.05. The van der Waals surface area contributed by atoms with Crippen molar-refractivity contribution in [2.45, 2.75) is 25.4 Å². The minimum Gasteiger partial charge on any atom is -0.488 e. The molecule has 0 radical (unpaired) electrons. The Balaban J connectivity index is 1.73. The SMILES string of the molecule is CN1CC=CC2=C1CC13CCN(CCC1O2)C3. The van der Waals surface area contributed by atoms with E-state index in [1.165, 1.54) is 44.6 Å². The summed E-state index contributed by atoms with van der Waals surface area (Å²) in [4.78, 5) is 4.97. The summed E-state index contributed by atoms with van der Waals surface area (Å²) in [5.41, 5.74) is 1.86. The molecule has 3 heteroatoms. The molecule has 3 atom stereocenters. The molecule has 0 N–H and O–H groups in total. The van der Waals surface area contributed by atoms with Gasteiger partial charge in [0.2, 0.25) is 0 Å². The summed E-state index contributed by atoms with van der Waals surface area (Å²) in [7, 11) is 2.19. The summed E-state index contributed by atoms with van der Waals surface area (Å²) in [5.74, 6) is 1.15. The number of likely N-dealkylation sites (N-methyl/N-ethyl adjacent to an activating group) is 1. The summed E-state index contributed by atoms with van der Waals surface area (Å²) in [6, 6.07) is 0. The van der Waals surface area contributed by atoms with Crippen LogP contribution in [0.4, 0.5) is 0 Å². The van der Waals surface area contributed by atoms with Crippen LogP contribution in [-0.2, 0) is 4.74 Å². The van der Waals surface area contributed by atoms with Gasteiger partial charge in [-0.05, 0) is 25.5 Å². The molecule has 2 saturated heterocycles. The number of hydrogen-bond donors (Lipinski definition) is 0. The van der Waals surface area contributed by atoms with E-state index < -0.39 is 0 Å². The molecule has 1 spiro atoms. The first kappa shape index (κ1) is 10.0. The van der Waals surface area contributed by atoms with Crippen LogP contribution in [0.5, 0.6) is 0 Å². The van der Waals surface area contributed by atoms with Gasteiger partial charge < -0.3 is 14.5 Å². The number of hydrogen-bond acceptors (Lipinski definition) is 3. The van der Waals surface area contributed by atoms with E-state index in [1.54, 1.807) is 0 Å². The third-order valence-corrected chi connectivity index (χ3v) is 5.04. The van der Waals surface area contributed by atoms with E-state index in [0.717, 1.165) is 12.3 Å². The van der Waals surface area contributed by atoms with E-state index in [-0.39, 0.29) is 0 Å². The largest absolute Gasteiger partial charge is 0.488 e. The monoisotopic (exact) mass is 232 g/mol. The quantitative estimate of drug-likeness (QED) is 0.631. The standard InChI is InChI=1S/C14H20N2O/c1-15-6-2-3-12-11(15)9-14-5-8-16(10-14)7-4-13(14)17-12/h2-3,13H,4-10H2,1H3. The second-order valence-electron chi connectivity index (χ2n) is 6.05. The third-order valence-electron chi connectivity index (χ3n) is 5.04. The summed E-state index contributed by atoms with van der Waals surface area (Å²) >= 11 is 0. The Kier molecular flexibility index (Phi) is 1.93. The molecule has 4 aliphatic rings. The Morgan fingerprint density at radius 1 is 1.41 bits per heavy atom. The zero-order chi connectivity index (χ0) is 11.5. The number of fused-ring (bicyclic) bond motifs is 1. The van der Waals surface area contributed by atoms with E-state index in [4.69, 9.17) is 4.74 Å². The van der Waals surface area contributed by atoms with Gasteiger partial charge in [0.1, 0.15) is 11.9 Å². The molecule has 4 heterocycles. The lowest BCUT2D eigenvalue weighted by atomic mass is 9.72. The predicted molar refractivity (Wildman–Crippen MR) is 66.4 cm³/mol. The van der Waals surface area contributed by atoms with E-state index in [1.807, 2.05) is 0 Å². The molecular weight excluding hydrogens is 212 g/mol. The first-order valence-electron chi connectivity index (χ1n) is 6.77. The fourth-order valence-electron chi connectivity index (χ4n) is 4.01. The van der Waals surface area contributed by atoms with Crippen molar-refractivity contribution in [2.24, 2.45) is 5.41 Å². The number of piperidine rings is 1. The topological polar surface area (TPSA) is 15.7 Å². The molecule has 0 aromatic carbocycles. The van der Waals surface area contributed by atoms with Gasteiger partial charge in [-0.1, -0.05) is 6.08 Å². The van der Waals surface area contributed by atoms with Crippen molar-refractivity contribution in [1.29, 1.82) is 0 Å². The Labute approximate surface area is 103 Å². The Morgan fingerprint density at radius 3 is 3.29 bits per heavy atom. The van der Waals surface area contributed by atoms with Crippen molar-refractivity contribution < 1.29 is 4.74 Å². The van der Waals surface area contributed by atoms with E-state index in [0.29, 0.717) is 11.5 Å². The number of ether oxygens (including phenoxy) is 1. The Bertz CT molecular complexity index is 414. The summed E-state index contributed by atoms with van der Waals surface area (Å²) in [6.07, 6.45) is 8.63. The lowest BCUT2D eigenvalue weighted by molar-refractivity contribution is -0.0480. The van der Waals surface area contributed by atoms with Crippen molar-refractivity contribution in [2.75, 3.05) is 33.2 Å². The van der Waals surface area contributed by atoms with Crippen LogP contribution in [0.25, 0.3) is 0 Å². The predicted octanol–water partition coefficient (Wildman–Crippen LogP) is 1.58. The minimum absolute atomic E-state index is 0.427. The molecule has 92 valence electrons. The van der Waals surface area contributed by atoms with Crippen LogP contribution >= 0.6 is 0 Å². The van der Waals surface area contributed by atoms with Crippen molar-refractivity contribution in [3.63, 3.8) is 0 Å². The average Bonchev–Trinajstić information content (AvgIpc) is 2.66. The highest BCUT2D eigenvalue weighted by Gasteiger charge is 2.52. The zero-order valence-corrected chi connectivity index (χ0v) is 10.5. The Morgan fingerprint density at radius 2 is 2.35 bits per heavy atom. The second kappa shape index (κ2) is 3.29. The van der Waals surface area contributed by atoms with Gasteiger partial charge in [-0.15, -0.1) is 0 Å². The molecule has 2 fully saturated rings. The molecule has 2 bridgehead atoms. The van der Waals surface area contributed by atoms with Gasteiger partial charge in [-0.3, -0.25) is 0 Å². The van der Waals surface area contributed by atoms with Gasteiger partial charge in [0.25, 0.3) is 0 Å². The number of allylic oxidation sites excluding steroid dienone is 2. The summed E-state index contributed by atoms with van der Waals surface area (Å²) in [6.45, 7) is 4.80. The van der Waals surface area contributed by atoms with Crippen LogP contribution in [0, 0.1) is 5.41 Å². The molecule has 4 rings (SSSR count). The molecular formula is C14H20N2O. The van der Waals surface area contributed by atoms with Gasteiger partial charge in [0, 0.05) is 38.5 Å². The van der Waals surface area contributed by atoms with E-state index >= 15 is 0 Å². The highest BCUT2D eigenvalue weighted by molar-refractivity contribution is 5.29. The molecule has 3 unspecified atom stereocenters. The van der Waals surface area contributed by atoms with Crippen LogP contribution < -0.4 is 0 Å². The van der Waals surface area contributed by atoms with Crippen LogP contribution in [0.3, 0.4) is 0 Å². The van der Waals surface area contributed by atoms with Crippen LogP contribution in [-0.4, -0.2) is 49.1 Å². The van der Waals surface area contributed by atoms with Crippen LogP contribution in [0.15, 0.2) is 23.6 Å². The molecule has 0 aliphatic carbocycles. The van der Waals surface area contributed by atoms with Crippen molar-refractivity contribution >= 4 is 0 Å². The van der Waals surface area contributed by atoms with Crippen LogP contribution in [0.2, 0.25) is 0 Å². The van der Waals surface area contributed by atoms with Gasteiger partial charge in [-0.2, -0.15) is 0 Å². The molecule has 0 aromatic heterocycles. The number of nitrogens with zero attached hydrogens (tertiary/aromatic N) is 2. The van der Waals surface area contributed by atoms with Crippen molar-refractivity contribution in [1.82, 2.24) is 9.80 Å². The average molecular weight is 232 g/mol. The van der Waals surface area contributed by atoms with Crippen molar-refractivity contribution in [3.05, 3.63) is 23.6 Å². The van der Waals surface area contributed by atoms with Gasteiger partial charge >= 0.3 is 0 Å². The Hall–Kier alpha value is -0.960. The van der Waals surface area contributed by atoms with Crippen LogP contribution in [0.1, 0.15) is 19.3 Å². The maximum Gasteiger partial charge on any atom is 0.138 e. The molecule has 0 aromatic rings. The maximum absolute atomic E-state index is 6.31. The molecule has 3 nitrogen and oxygen atoms in total. The van der Waals surface area contributed by atoms with Gasteiger partial charge in [0.15, 0.2) is 0 Å². The first-order valence-corrected chi connectivity index (χ1v) is 6.77. The van der Waals surface area contributed by atoms with E-state index in [2.05, 4.69) is 29.0 Å². The smallest absolute Gasteiger partial charge is 0.138 e. The zero-order valence-electron chi connectivity index (χ0n) is 10.5. The van der Waals surface area contributed by atoms with E-state index in [9.17, 15) is 0 Å². The van der Waals surface area contributed by atoms with Gasteiger partial charge in [0.05, 0.1) is 5.70 Å². The maximum atomic E-state index is 6.31. The lowest BCUT2D eigenvalue weighted by Crippen LogP contribution is -2.49. The normalized spacial score (nSPS) is 43.2. The first-order chi connectivity index (χ1) is 8.27. The highest BCUT2D eigenvalue weighted by atomic mass is 16.5. The summed E-state index contributed by atoms with van der Waals surface area (Å²) < 4.78 is 6.31. The molecule has 4 aliphatic heterocycles. The highest BCUT2D eigenvalue weighted by Crippen LogP contribution is 2.50. The summed E-state index contributed by atoms with van der Waals surface area (Å²) in [5, 5.41) is 0. The molecule has 0 saturated carbocycles. The fourth-order valence-corrected chi connectivity index (χ4v) is 4.01. The fraction of sp³-hybridized carbons (Fsp3) is 0.714. The third kappa shape index (κ3) is 1.32. The molecule has 17 heavy (non-hydrogen) atoms. The minimum atomic E-state index is 0.427. The molecule has 0 amide bonds. The van der Waals surface area contributed by atoms with Gasteiger partial charge in [-0.25, -0.2) is 0 Å².